The summed E-state index contributed by atoms with van der Waals surface area (Å²) in [5, 5.41) is 10.2. The third-order valence-corrected chi connectivity index (χ3v) is 2.94. The number of aromatic nitrogens is 1. The van der Waals surface area contributed by atoms with Crippen molar-refractivity contribution in [1.82, 2.24) is 4.98 Å². The monoisotopic (exact) mass is 297 g/mol. The van der Waals surface area contributed by atoms with Crippen LogP contribution in [0.3, 0.4) is 0 Å². The van der Waals surface area contributed by atoms with Crippen molar-refractivity contribution >= 4 is 0 Å². The Bertz CT molecular complexity index is 614. The fraction of sp³-hybridized carbons (Fsp3) is 0.267. The largest absolute Gasteiger partial charge is 0.494 e. The molecule has 1 heterocycles. The number of benzene rings is 1. The summed E-state index contributed by atoms with van der Waals surface area (Å²) >= 11 is 0. The number of alkyl halides is 3. The van der Waals surface area contributed by atoms with Crippen LogP contribution in [0.2, 0.25) is 0 Å². The Balaban J connectivity index is 2.41. The van der Waals surface area contributed by atoms with Crippen LogP contribution in [-0.2, 0) is 6.18 Å². The average Bonchev–Trinajstić information content (AvgIpc) is 2.46. The summed E-state index contributed by atoms with van der Waals surface area (Å²) in [7, 11) is 0. The van der Waals surface area contributed by atoms with Crippen molar-refractivity contribution in [2.24, 2.45) is 0 Å². The minimum absolute atomic E-state index is 0.279. The van der Waals surface area contributed by atoms with E-state index in [4.69, 9.17) is 4.74 Å². The number of hydrogen-bond acceptors (Lipinski definition) is 3. The Hall–Kier alpha value is -2.08. The van der Waals surface area contributed by atoms with Crippen molar-refractivity contribution in [3.63, 3.8) is 0 Å². The van der Waals surface area contributed by atoms with Gasteiger partial charge in [0.05, 0.1) is 12.2 Å². The normalized spacial score (nSPS) is 13.0. The molecule has 0 radical (unpaired) electrons. The van der Waals surface area contributed by atoms with Crippen LogP contribution in [0.25, 0.3) is 0 Å². The van der Waals surface area contributed by atoms with Crippen LogP contribution in [0, 0.1) is 0 Å². The van der Waals surface area contributed by atoms with Gasteiger partial charge in [-0.2, -0.15) is 13.2 Å². The summed E-state index contributed by atoms with van der Waals surface area (Å²) < 4.78 is 44.2. The molecule has 2 rings (SSSR count). The molecule has 1 aromatic heterocycles. The van der Waals surface area contributed by atoms with Gasteiger partial charge in [0.25, 0.3) is 0 Å². The second-order valence-electron chi connectivity index (χ2n) is 4.37. The summed E-state index contributed by atoms with van der Waals surface area (Å²) in [6.45, 7) is 2.23. The number of aliphatic hydroxyl groups is 1. The topological polar surface area (TPSA) is 42.4 Å². The lowest BCUT2D eigenvalue weighted by Gasteiger charge is -2.17. The molecule has 112 valence electrons. The van der Waals surface area contributed by atoms with Crippen molar-refractivity contribution in [1.29, 1.82) is 0 Å². The van der Waals surface area contributed by atoms with Crippen molar-refractivity contribution in [2.45, 2.75) is 19.2 Å². The van der Waals surface area contributed by atoms with E-state index in [1.165, 1.54) is 6.07 Å². The van der Waals surface area contributed by atoms with E-state index in [-0.39, 0.29) is 5.56 Å². The van der Waals surface area contributed by atoms with Gasteiger partial charge < -0.3 is 9.84 Å². The molecule has 0 aliphatic rings. The van der Waals surface area contributed by atoms with Gasteiger partial charge in [-0.25, -0.2) is 0 Å². The minimum Gasteiger partial charge on any atom is -0.494 e. The molecule has 1 unspecified atom stereocenters. The van der Waals surface area contributed by atoms with Crippen molar-refractivity contribution in [2.75, 3.05) is 6.61 Å². The summed E-state index contributed by atoms with van der Waals surface area (Å²) in [5.74, 6) is 0.492. The molecule has 1 atom stereocenters. The van der Waals surface area contributed by atoms with Gasteiger partial charge in [0.15, 0.2) is 0 Å². The Kier molecular flexibility index (Phi) is 4.47. The van der Waals surface area contributed by atoms with Gasteiger partial charge in [0, 0.05) is 18.0 Å². The molecule has 0 aliphatic carbocycles. The fourth-order valence-corrected chi connectivity index (χ4v) is 2.00. The standard InChI is InChI=1S/C15H14F3NO2/c1-2-21-11-5-3-4-10(8-11)14(20)12-9-19-7-6-13(12)15(16,17)18/h3-9,14,20H,2H2,1H3. The lowest BCUT2D eigenvalue weighted by atomic mass is 9.98. The van der Waals surface area contributed by atoms with Crippen LogP contribution in [0.4, 0.5) is 13.2 Å². The third-order valence-electron chi connectivity index (χ3n) is 2.94. The SMILES string of the molecule is CCOc1cccc(C(O)c2cnccc2C(F)(F)F)c1. The Labute approximate surface area is 120 Å². The van der Waals surface area contributed by atoms with Crippen LogP contribution in [0.1, 0.15) is 29.7 Å². The van der Waals surface area contributed by atoms with E-state index < -0.39 is 17.8 Å². The van der Waals surface area contributed by atoms with Crippen LogP contribution >= 0.6 is 0 Å². The van der Waals surface area contributed by atoms with Gasteiger partial charge in [-0.05, 0) is 30.7 Å². The molecule has 21 heavy (non-hydrogen) atoms. The highest BCUT2D eigenvalue weighted by atomic mass is 19.4. The van der Waals surface area contributed by atoms with E-state index in [0.29, 0.717) is 17.9 Å². The van der Waals surface area contributed by atoms with E-state index in [2.05, 4.69) is 4.98 Å². The van der Waals surface area contributed by atoms with E-state index in [0.717, 1.165) is 18.5 Å². The zero-order valence-corrected chi connectivity index (χ0v) is 11.3. The van der Waals surface area contributed by atoms with Crippen LogP contribution in [0.5, 0.6) is 5.75 Å². The maximum Gasteiger partial charge on any atom is 0.416 e. The Morgan fingerprint density at radius 3 is 2.71 bits per heavy atom. The smallest absolute Gasteiger partial charge is 0.416 e. The number of nitrogens with zero attached hydrogens (tertiary/aromatic N) is 1. The van der Waals surface area contributed by atoms with E-state index in [1.807, 2.05) is 0 Å². The maximum absolute atomic E-state index is 13.0. The predicted molar refractivity (Wildman–Crippen MR) is 70.9 cm³/mol. The van der Waals surface area contributed by atoms with Crippen molar-refractivity contribution in [3.05, 3.63) is 59.4 Å². The minimum atomic E-state index is -4.54. The lowest BCUT2D eigenvalue weighted by Crippen LogP contribution is -2.13. The third kappa shape index (κ3) is 3.52. The zero-order valence-electron chi connectivity index (χ0n) is 11.3. The van der Waals surface area contributed by atoms with Gasteiger partial charge >= 0.3 is 6.18 Å². The number of hydrogen-bond donors (Lipinski definition) is 1. The van der Waals surface area contributed by atoms with Crippen LogP contribution in [-0.4, -0.2) is 16.7 Å². The number of rotatable bonds is 4. The first-order chi connectivity index (χ1) is 9.93. The molecule has 0 aliphatic heterocycles. The quantitative estimate of drug-likeness (QED) is 0.938. The first kappa shape index (κ1) is 15.3. The molecular weight excluding hydrogens is 283 g/mol. The number of halogens is 3. The van der Waals surface area contributed by atoms with Gasteiger partial charge in [-0.3, -0.25) is 4.98 Å². The maximum atomic E-state index is 13.0. The highest BCUT2D eigenvalue weighted by molar-refractivity contribution is 5.38. The highest BCUT2D eigenvalue weighted by Gasteiger charge is 2.35. The molecule has 3 nitrogen and oxygen atoms in total. The first-order valence-electron chi connectivity index (χ1n) is 6.35. The average molecular weight is 297 g/mol. The summed E-state index contributed by atoms with van der Waals surface area (Å²) in [6, 6.07) is 7.20. The molecular formula is C15H14F3NO2. The molecule has 0 saturated carbocycles. The van der Waals surface area contributed by atoms with Crippen molar-refractivity contribution in [3.8, 4) is 5.75 Å². The van der Waals surface area contributed by atoms with E-state index in [9.17, 15) is 18.3 Å². The molecule has 1 N–H and O–H groups in total. The highest BCUT2D eigenvalue weighted by Crippen LogP contribution is 2.36. The van der Waals surface area contributed by atoms with Crippen LogP contribution < -0.4 is 4.74 Å². The zero-order chi connectivity index (χ0) is 15.5. The van der Waals surface area contributed by atoms with Crippen LogP contribution in [0.15, 0.2) is 42.7 Å². The fourth-order valence-electron chi connectivity index (χ4n) is 2.00. The summed E-state index contributed by atoms with van der Waals surface area (Å²) in [6.07, 6.45) is -3.89. The molecule has 0 spiro atoms. The molecule has 0 saturated heterocycles. The van der Waals surface area contributed by atoms with Gasteiger partial charge in [0.1, 0.15) is 11.9 Å². The van der Waals surface area contributed by atoms with E-state index >= 15 is 0 Å². The Morgan fingerprint density at radius 1 is 1.29 bits per heavy atom. The van der Waals surface area contributed by atoms with Gasteiger partial charge in [-0.15, -0.1) is 0 Å². The Morgan fingerprint density at radius 2 is 2.05 bits per heavy atom. The molecule has 2 aromatic rings. The second-order valence-corrected chi connectivity index (χ2v) is 4.37. The van der Waals surface area contributed by atoms with Gasteiger partial charge in [-0.1, -0.05) is 12.1 Å². The number of pyridine rings is 1. The molecule has 0 fully saturated rings. The first-order valence-corrected chi connectivity index (χ1v) is 6.35. The summed E-state index contributed by atoms with van der Waals surface area (Å²) in [4.78, 5) is 3.67. The molecule has 1 aromatic carbocycles. The van der Waals surface area contributed by atoms with E-state index in [1.54, 1.807) is 25.1 Å². The lowest BCUT2D eigenvalue weighted by molar-refractivity contribution is -0.139. The van der Waals surface area contributed by atoms with Gasteiger partial charge in [0.2, 0.25) is 0 Å². The number of ether oxygens (including phenoxy) is 1. The summed E-state index contributed by atoms with van der Waals surface area (Å²) in [5.41, 5.74) is -0.857. The molecule has 0 bridgehead atoms. The molecule has 0 amide bonds. The van der Waals surface area contributed by atoms with Crippen molar-refractivity contribution < 1.29 is 23.0 Å². The second kappa shape index (κ2) is 6.13. The predicted octanol–water partition coefficient (Wildman–Crippen LogP) is 3.58. The molecule has 6 heteroatoms. The number of aliphatic hydroxyl groups excluding tert-OH is 1.